The van der Waals surface area contributed by atoms with Crippen LogP contribution in [-0.2, 0) is 13.1 Å². The maximum atomic E-state index is 12.8. The summed E-state index contributed by atoms with van der Waals surface area (Å²) in [7, 11) is 0. The molecule has 0 unspecified atom stereocenters. The average Bonchev–Trinajstić information content (AvgIpc) is 2.71. The Bertz CT molecular complexity index is 414. The molecule has 6 heteroatoms. The van der Waals surface area contributed by atoms with Crippen molar-refractivity contribution < 1.29 is 4.39 Å². The molecular formula is C9H10FN5. The minimum atomic E-state index is -0.228. The molecule has 1 heterocycles. The maximum Gasteiger partial charge on any atom is 0.188 e. The molecule has 1 aromatic heterocycles. The van der Waals surface area contributed by atoms with Crippen LogP contribution in [0.3, 0.4) is 0 Å². The predicted molar refractivity (Wildman–Crippen MR) is 51.1 cm³/mol. The Labute approximate surface area is 85.7 Å². The van der Waals surface area contributed by atoms with Crippen molar-refractivity contribution >= 4 is 0 Å². The lowest BCUT2D eigenvalue weighted by Gasteiger charge is -2.01. The van der Waals surface area contributed by atoms with Crippen LogP contribution >= 0.6 is 0 Å². The van der Waals surface area contributed by atoms with Gasteiger partial charge in [-0.25, -0.2) is 4.39 Å². The summed E-state index contributed by atoms with van der Waals surface area (Å²) in [5, 5.41) is 16.4. The first-order valence-electron chi connectivity index (χ1n) is 4.52. The van der Waals surface area contributed by atoms with Crippen LogP contribution in [0.2, 0.25) is 0 Å². The second-order valence-corrected chi connectivity index (χ2v) is 3.06. The first-order chi connectivity index (χ1) is 7.34. The van der Waals surface area contributed by atoms with Gasteiger partial charge in [-0.05, 0) is 17.7 Å². The van der Waals surface area contributed by atoms with Crippen molar-refractivity contribution in [3.63, 3.8) is 0 Å². The third kappa shape index (κ3) is 2.81. The summed E-state index contributed by atoms with van der Waals surface area (Å²) in [6, 6.07) is 6.44. The van der Waals surface area contributed by atoms with Crippen molar-refractivity contribution in [3.8, 4) is 0 Å². The van der Waals surface area contributed by atoms with Crippen molar-refractivity contribution in [2.45, 2.75) is 13.1 Å². The number of aromatic nitrogens is 4. The van der Waals surface area contributed by atoms with E-state index in [0.29, 0.717) is 18.9 Å². The number of hydrogen-bond acceptors (Lipinski definition) is 4. The molecule has 0 saturated heterocycles. The van der Waals surface area contributed by atoms with Gasteiger partial charge in [0.05, 0.1) is 6.54 Å². The number of aromatic amines is 1. The van der Waals surface area contributed by atoms with Gasteiger partial charge in [0.25, 0.3) is 0 Å². The Hall–Kier alpha value is -1.82. The van der Waals surface area contributed by atoms with Gasteiger partial charge >= 0.3 is 0 Å². The molecule has 2 aromatic rings. The van der Waals surface area contributed by atoms with E-state index in [2.05, 4.69) is 25.9 Å². The molecule has 2 rings (SSSR count). The van der Waals surface area contributed by atoms with Gasteiger partial charge in [-0.15, -0.1) is 10.2 Å². The lowest BCUT2D eigenvalue weighted by atomic mass is 10.2. The first kappa shape index (κ1) is 9.72. The van der Waals surface area contributed by atoms with Crippen molar-refractivity contribution in [3.05, 3.63) is 41.5 Å². The molecule has 0 saturated carbocycles. The van der Waals surface area contributed by atoms with Crippen LogP contribution in [0.4, 0.5) is 4.39 Å². The van der Waals surface area contributed by atoms with Crippen LogP contribution in [0.25, 0.3) is 0 Å². The first-order valence-corrected chi connectivity index (χ1v) is 4.52. The van der Waals surface area contributed by atoms with Gasteiger partial charge in [-0.3, -0.25) is 0 Å². The van der Waals surface area contributed by atoms with Crippen molar-refractivity contribution in [1.82, 2.24) is 25.9 Å². The summed E-state index contributed by atoms with van der Waals surface area (Å²) in [4.78, 5) is 0. The molecule has 0 aliphatic carbocycles. The standard InChI is InChI=1S/C9H10FN5/c10-8-3-1-2-7(4-8)5-11-6-9-12-14-15-13-9/h1-4,11H,5-6H2,(H,12,13,14,15). The summed E-state index contributed by atoms with van der Waals surface area (Å²) < 4.78 is 12.8. The number of H-pyrrole nitrogens is 1. The molecule has 2 N–H and O–H groups in total. The fourth-order valence-corrected chi connectivity index (χ4v) is 1.22. The van der Waals surface area contributed by atoms with E-state index in [1.165, 1.54) is 12.1 Å². The number of nitrogens with zero attached hydrogens (tertiary/aromatic N) is 3. The van der Waals surface area contributed by atoms with Crippen molar-refractivity contribution in [2.24, 2.45) is 0 Å². The van der Waals surface area contributed by atoms with E-state index in [4.69, 9.17) is 0 Å². The third-order valence-electron chi connectivity index (χ3n) is 1.89. The number of nitrogens with one attached hydrogen (secondary N) is 2. The molecule has 5 nitrogen and oxygen atoms in total. The van der Waals surface area contributed by atoms with E-state index in [0.717, 1.165) is 5.56 Å². The average molecular weight is 207 g/mol. The number of tetrazole rings is 1. The van der Waals surface area contributed by atoms with Gasteiger partial charge in [0.1, 0.15) is 5.82 Å². The number of rotatable bonds is 4. The molecule has 0 fully saturated rings. The fraction of sp³-hybridized carbons (Fsp3) is 0.222. The van der Waals surface area contributed by atoms with Crippen LogP contribution in [0, 0.1) is 5.82 Å². The minimum absolute atomic E-state index is 0.228. The maximum absolute atomic E-state index is 12.8. The lowest BCUT2D eigenvalue weighted by molar-refractivity contribution is 0.617. The molecule has 0 spiro atoms. The smallest absolute Gasteiger partial charge is 0.188 e. The molecule has 0 aliphatic heterocycles. The molecule has 78 valence electrons. The Morgan fingerprint density at radius 2 is 2.27 bits per heavy atom. The van der Waals surface area contributed by atoms with Crippen LogP contribution < -0.4 is 5.32 Å². The van der Waals surface area contributed by atoms with Gasteiger partial charge in [-0.2, -0.15) is 5.21 Å². The quantitative estimate of drug-likeness (QED) is 0.771. The van der Waals surface area contributed by atoms with Crippen LogP contribution in [0.15, 0.2) is 24.3 Å². The highest BCUT2D eigenvalue weighted by atomic mass is 19.1. The largest absolute Gasteiger partial charge is 0.306 e. The molecule has 15 heavy (non-hydrogen) atoms. The zero-order valence-corrected chi connectivity index (χ0v) is 7.94. The van der Waals surface area contributed by atoms with Crippen molar-refractivity contribution in [1.29, 1.82) is 0 Å². The highest BCUT2D eigenvalue weighted by molar-refractivity contribution is 5.15. The van der Waals surface area contributed by atoms with E-state index in [1.54, 1.807) is 6.07 Å². The Morgan fingerprint density at radius 3 is 3.00 bits per heavy atom. The van der Waals surface area contributed by atoms with Gasteiger partial charge < -0.3 is 5.32 Å². The normalized spacial score (nSPS) is 10.5. The van der Waals surface area contributed by atoms with Crippen LogP contribution in [0.1, 0.15) is 11.4 Å². The highest BCUT2D eigenvalue weighted by Crippen LogP contribution is 2.02. The highest BCUT2D eigenvalue weighted by Gasteiger charge is 1.98. The molecule has 0 amide bonds. The van der Waals surface area contributed by atoms with E-state index in [-0.39, 0.29) is 5.82 Å². The fourth-order valence-electron chi connectivity index (χ4n) is 1.22. The van der Waals surface area contributed by atoms with Gasteiger partial charge in [0, 0.05) is 6.54 Å². The zero-order valence-electron chi connectivity index (χ0n) is 7.94. The Balaban J connectivity index is 1.83. The van der Waals surface area contributed by atoms with Gasteiger partial charge in [-0.1, -0.05) is 17.3 Å². The van der Waals surface area contributed by atoms with E-state index >= 15 is 0 Å². The van der Waals surface area contributed by atoms with Crippen LogP contribution in [0.5, 0.6) is 0 Å². The zero-order chi connectivity index (χ0) is 10.5. The monoisotopic (exact) mass is 207 g/mol. The van der Waals surface area contributed by atoms with Crippen LogP contribution in [-0.4, -0.2) is 20.6 Å². The summed E-state index contributed by atoms with van der Waals surface area (Å²) in [6.07, 6.45) is 0. The van der Waals surface area contributed by atoms with Crippen molar-refractivity contribution in [2.75, 3.05) is 0 Å². The molecule has 0 radical (unpaired) electrons. The van der Waals surface area contributed by atoms with E-state index in [1.807, 2.05) is 6.07 Å². The minimum Gasteiger partial charge on any atom is -0.306 e. The number of hydrogen-bond donors (Lipinski definition) is 2. The lowest BCUT2D eigenvalue weighted by Crippen LogP contribution is -2.13. The van der Waals surface area contributed by atoms with Gasteiger partial charge in [0.2, 0.25) is 0 Å². The molecule has 0 bridgehead atoms. The Morgan fingerprint density at radius 1 is 1.33 bits per heavy atom. The molecule has 0 atom stereocenters. The predicted octanol–water partition coefficient (Wildman–Crippen LogP) is 0.629. The Kier molecular flexibility index (Phi) is 2.99. The SMILES string of the molecule is Fc1cccc(CNCc2nn[nH]n2)c1. The summed E-state index contributed by atoms with van der Waals surface area (Å²) in [5.74, 6) is 0.361. The summed E-state index contributed by atoms with van der Waals surface area (Å²) in [5.41, 5.74) is 0.887. The summed E-state index contributed by atoms with van der Waals surface area (Å²) >= 11 is 0. The van der Waals surface area contributed by atoms with Gasteiger partial charge in [0.15, 0.2) is 5.82 Å². The third-order valence-corrected chi connectivity index (χ3v) is 1.89. The second kappa shape index (κ2) is 4.61. The number of benzene rings is 1. The van der Waals surface area contributed by atoms with E-state index < -0.39 is 0 Å². The molecule has 0 aliphatic rings. The molecular weight excluding hydrogens is 197 g/mol. The molecule has 1 aromatic carbocycles. The summed E-state index contributed by atoms with van der Waals surface area (Å²) in [6.45, 7) is 1.08. The topological polar surface area (TPSA) is 66.5 Å². The van der Waals surface area contributed by atoms with E-state index in [9.17, 15) is 4.39 Å². The second-order valence-electron chi connectivity index (χ2n) is 3.06. The number of halogens is 1.